The van der Waals surface area contributed by atoms with Crippen LogP contribution in [0.4, 0.5) is 11.4 Å². The van der Waals surface area contributed by atoms with Gasteiger partial charge >= 0.3 is 0 Å². The highest BCUT2D eigenvalue weighted by molar-refractivity contribution is 8.04. The van der Waals surface area contributed by atoms with Gasteiger partial charge in [0.2, 0.25) is 5.91 Å². The van der Waals surface area contributed by atoms with Crippen LogP contribution in [0.3, 0.4) is 0 Å². The first kappa shape index (κ1) is 25.1. The fraction of sp³-hybridized carbons (Fsp3) is 0.0667. The van der Waals surface area contributed by atoms with Gasteiger partial charge in [-0.25, -0.2) is 5.43 Å². The van der Waals surface area contributed by atoms with E-state index in [0.29, 0.717) is 4.91 Å². The quantitative estimate of drug-likeness (QED) is 0.259. The van der Waals surface area contributed by atoms with E-state index in [2.05, 4.69) is 5.43 Å². The molecule has 1 fully saturated rings. The molecule has 2 aliphatic heterocycles. The van der Waals surface area contributed by atoms with Crippen LogP contribution in [0.25, 0.3) is 6.08 Å². The zero-order chi connectivity index (χ0) is 26.9. The number of hydrazine groups is 1. The van der Waals surface area contributed by atoms with Crippen LogP contribution in [0.1, 0.15) is 16.5 Å². The van der Waals surface area contributed by atoms with E-state index in [4.69, 9.17) is 0 Å². The Bertz CT molecular complexity index is 1540. The smallest absolute Gasteiger partial charge is 0.275 e. The number of aromatic hydroxyl groups is 2. The predicted molar refractivity (Wildman–Crippen MR) is 154 cm³/mol. The van der Waals surface area contributed by atoms with Gasteiger partial charge in [-0.15, -0.1) is 0 Å². The average molecular weight is 554 g/mol. The van der Waals surface area contributed by atoms with Crippen LogP contribution < -0.4 is 10.3 Å². The molecule has 0 saturated carbocycles. The van der Waals surface area contributed by atoms with Gasteiger partial charge in [-0.2, -0.15) is 0 Å². The average Bonchev–Trinajstić information content (AvgIpc) is 3.26. The summed E-state index contributed by atoms with van der Waals surface area (Å²) in [6, 6.07) is 28.8. The molecule has 0 spiro atoms. The lowest BCUT2D eigenvalue weighted by atomic mass is 10.2. The summed E-state index contributed by atoms with van der Waals surface area (Å²) in [7, 11) is 0. The number of benzene rings is 4. The van der Waals surface area contributed by atoms with E-state index in [0.717, 1.165) is 32.3 Å². The van der Waals surface area contributed by atoms with Crippen LogP contribution in [-0.4, -0.2) is 33.6 Å². The summed E-state index contributed by atoms with van der Waals surface area (Å²) in [4.78, 5) is 31.4. The molecular weight excluding hydrogens is 530 g/mol. The van der Waals surface area contributed by atoms with Crippen LogP contribution in [0.5, 0.6) is 11.5 Å². The van der Waals surface area contributed by atoms with Crippen molar-refractivity contribution in [3.05, 3.63) is 113 Å². The van der Waals surface area contributed by atoms with Crippen molar-refractivity contribution < 1.29 is 19.8 Å². The van der Waals surface area contributed by atoms with Crippen LogP contribution in [-0.2, 0) is 9.59 Å². The van der Waals surface area contributed by atoms with Crippen molar-refractivity contribution in [2.45, 2.75) is 15.2 Å². The van der Waals surface area contributed by atoms with Crippen molar-refractivity contribution in [3.63, 3.8) is 0 Å². The third-order valence-electron chi connectivity index (χ3n) is 6.35. The summed E-state index contributed by atoms with van der Waals surface area (Å²) in [5.41, 5.74) is 6.27. The standard InChI is InChI=1S/C30H23N3O4S2/c34-21-13-9-19(10-14-21)17-27-29(37)33(30(39-27)20-11-15-22(35)16-12-20)31-18-28(36)32-23-5-1-3-7-25(23)38-26-8-4-2-6-24(26)32/h1-17,30-31,34-35H,18H2/b27-17-. The molecule has 0 aromatic heterocycles. The summed E-state index contributed by atoms with van der Waals surface area (Å²) in [5.74, 6) is -0.198. The molecule has 39 heavy (non-hydrogen) atoms. The molecule has 2 aliphatic rings. The van der Waals surface area contributed by atoms with Crippen molar-refractivity contribution in [2.75, 3.05) is 11.4 Å². The SMILES string of the molecule is O=C(CNN1C(=O)/C(=C/c2ccc(O)cc2)SC1c1ccc(O)cc1)N1c2ccccc2Sc2ccccc21. The summed E-state index contributed by atoms with van der Waals surface area (Å²) in [5, 5.41) is 20.4. The summed E-state index contributed by atoms with van der Waals surface area (Å²) < 4.78 is 0. The maximum absolute atomic E-state index is 13.7. The monoisotopic (exact) mass is 553 g/mol. The Morgan fingerprint density at radius 3 is 2.00 bits per heavy atom. The molecule has 0 radical (unpaired) electrons. The minimum atomic E-state index is -0.453. The van der Waals surface area contributed by atoms with Crippen LogP contribution in [0.2, 0.25) is 0 Å². The van der Waals surface area contributed by atoms with E-state index in [-0.39, 0.29) is 29.9 Å². The van der Waals surface area contributed by atoms with Crippen molar-refractivity contribution in [1.82, 2.24) is 10.4 Å². The minimum absolute atomic E-state index is 0.110. The molecule has 7 nitrogen and oxygen atoms in total. The summed E-state index contributed by atoms with van der Waals surface area (Å²) in [6.45, 7) is -0.110. The van der Waals surface area contributed by atoms with E-state index in [9.17, 15) is 19.8 Å². The van der Waals surface area contributed by atoms with Gasteiger partial charge in [0, 0.05) is 9.79 Å². The number of carbonyl (C=O) groups excluding carboxylic acids is 2. The van der Waals surface area contributed by atoms with E-state index in [1.807, 2.05) is 48.5 Å². The number of amides is 2. The first-order valence-electron chi connectivity index (χ1n) is 12.2. The molecule has 9 heteroatoms. The maximum Gasteiger partial charge on any atom is 0.275 e. The number of para-hydroxylation sites is 2. The van der Waals surface area contributed by atoms with Gasteiger partial charge in [-0.1, -0.05) is 72.1 Å². The molecule has 2 amide bonds. The highest BCUT2D eigenvalue weighted by Crippen LogP contribution is 2.48. The van der Waals surface area contributed by atoms with Crippen LogP contribution in [0, 0.1) is 0 Å². The van der Waals surface area contributed by atoms with Gasteiger partial charge in [0.15, 0.2) is 0 Å². The minimum Gasteiger partial charge on any atom is -0.508 e. The Hall–Kier alpha value is -4.18. The number of phenols is 2. The van der Waals surface area contributed by atoms with E-state index in [1.165, 1.54) is 16.8 Å². The third-order valence-corrected chi connectivity index (χ3v) is 8.74. The predicted octanol–water partition coefficient (Wildman–Crippen LogP) is 6.05. The second-order valence-corrected chi connectivity index (χ2v) is 11.1. The molecule has 1 atom stereocenters. The molecule has 0 bridgehead atoms. The van der Waals surface area contributed by atoms with Crippen LogP contribution >= 0.6 is 23.5 Å². The topological polar surface area (TPSA) is 93.1 Å². The second kappa shape index (κ2) is 10.5. The first-order valence-corrected chi connectivity index (χ1v) is 13.9. The lowest BCUT2D eigenvalue weighted by Crippen LogP contribution is -2.46. The van der Waals surface area contributed by atoms with Crippen molar-refractivity contribution >= 4 is 52.8 Å². The normalized spacial score (nSPS) is 17.3. The zero-order valence-corrected chi connectivity index (χ0v) is 22.2. The third kappa shape index (κ3) is 4.99. The molecular formula is C30H23N3O4S2. The summed E-state index contributed by atoms with van der Waals surface area (Å²) in [6.07, 6.45) is 1.76. The van der Waals surface area contributed by atoms with Crippen molar-refractivity contribution in [1.29, 1.82) is 0 Å². The van der Waals surface area contributed by atoms with Gasteiger partial charge in [0.1, 0.15) is 16.9 Å². The fourth-order valence-electron chi connectivity index (χ4n) is 4.48. The lowest BCUT2D eigenvalue weighted by Gasteiger charge is -2.32. The van der Waals surface area contributed by atoms with Gasteiger partial charge in [0.05, 0.1) is 22.8 Å². The number of nitrogens with one attached hydrogen (secondary N) is 1. The molecule has 6 rings (SSSR count). The van der Waals surface area contributed by atoms with Gasteiger partial charge < -0.3 is 10.2 Å². The number of carbonyl (C=O) groups is 2. The molecule has 3 N–H and O–H groups in total. The number of anilines is 2. The number of fused-ring (bicyclic) bond motifs is 2. The number of rotatable bonds is 5. The van der Waals surface area contributed by atoms with Gasteiger partial charge in [0.25, 0.3) is 5.91 Å². The van der Waals surface area contributed by atoms with E-state index in [1.54, 1.807) is 71.3 Å². The number of thioether (sulfide) groups is 1. The molecule has 2 heterocycles. The largest absolute Gasteiger partial charge is 0.508 e. The van der Waals surface area contributed by atoms with Gasteiger partial charge in [-0.3, -0.25) is 19.5 Å². The Kier molecular flexibility index (Phi) is 6.78. The van der Waals surface area contributed by atoms with Crippen molar-refractivity contribution in [3.8, 4) is 11.5 Å². The molecule has 194 valence electrons. The molecule has 0 aliphatic carbocycles. The van der Waals surface area contributed by atoms with Crippen LogP contribution in [0.15, 0.2) is 112 Å². The van der Waals surface area contributed by atoms with E-state index >= 15 is 0 Å². The highest BCUT2D eigenvalue weighted by atomic mass is 32.2. The molecule has 4 aromatic carbocycles. The van der Waals surface area contributed by atoms with E-state index < -0.39 is 5.37 Å². The Balaban J connectivity index is 1.29. The van der Waals surface area contributed by atoms with Gasteiger partial charge in [-0.05, 0) is 65.7 Å². The second-order valence-electron chi connectivity index (χ2n) is 8.94. The lowest BCUT2D eigenvalue weighted by molar-refractivity contribution is -0.130. The Morgan fingerprint density at radius 2 is 1.38 bits per heavy atom. The maximum atomic E-state index is 13.7. The number of hydrogen-bond acceptors (Lipinski definition) is 7. The molecule has 1 unspecified atom stereocenters. The first-order chi connectivity index (χ1) is 19.0. The number of phenolic OH excluding ortho intramolecular Hbond substituents is 2. The molecule has 1 saturated heterocycles. The number of nitrogens with zero attached hydrogens (tertiary/aromatic N) is 2. The Labute approximate surface area is 233 Å². The van der Waals surface area contributed by atoms with Crippen molar-refractivity contribution in [2.24, 2.45) is 0 Å². The molecule has 4 aromatic rings. The highest BCUT2D eigenvalue weighted by Gasteiger charge is 2.38. The fourth-order valence-corrected chi connectivity index (χ4v) is 6.75. The number of hydrogen-bond donors (Lipinski definition) is 3. The zero-order valence-electron chi connectivity index (χ0n) is 20.5. The summed E-state index contributed by atoms with van der Waals surface area (Å²) >= 11 is 2.97. The Morgan fingerprint density at radius 1 is 0.821 bits per heavy atom.